The lowest BCUT2D eigenvalue weighted by molar-refractivity contribution is -0.125. The molecule has 3 heteroatoms. The van der Waals surface area contributed by atoms with E-state index in [1.54, 1.807) is 19.1 Å². The standard InChI is InChI=1S/C15H19FO2/c1-11-9-13(7-8-14(11)16)18-10-15(17)12-5-3-2-4-6-12/h7-9,12H,2-6,10H2,1H3. The molecule has 98 valence electrons. The fraction of sp³-hybridized carbons (Fsp3) is 0.533. The SMILES string of the molecule is Cc1cc(OCC(=O)C2CCCCC2)ccc1F. The van der Waals surface area contributed by atoms with Crippen molar-refractivity contribution in [2.24, 2.45) is 5.92 Å². The molecule has 0 radical (unpaired) electrons. The van der Waals surface area contributed by atoms with Crippen LogP contribution >= 0.6 is 0 Å². The number of carbonyl (C=O) groups excluding carboxylic acids is 1. The molecule has 1 fully saturated rings. The van der Waals surface area contributed by atoms with E-state index >= 15 is 0 Å². The van der Waals surface area contributed by atoms with Crippen LogP contribution in [0.3, 0.4) is 0 Å². The molecule has 1 aromatic rings. The second-order valence-electron chi connectivity index (χ2n) is 5.00. The van der Waals surface area contributed by atoms with Gasteiger partial charge in [0.1, 0.15) is 18.2 Å². The lowest BCUT2D eigenvalue weighted by Gasteiger charge is -2.20. The predicted molar refractivity (Wildman–Crippen MR) is 68.2 cm³/mol. The molecule has 0 aliphatic heterocycles. The predicted octanol–water partition coefficient (Wildman–Crippen LogP) is 3.66. The van der Waals surface area contributed by atoms with E-state index in [1.165, 1.54) is 12.5 Å². The molecule has 0 N–H and O–H groups in total. The number of rotatable bonds is 4. The number of ketones is 1. The maximum atomic E-state index is 13.1. The van der Waals surface area contributed by atoms with Gasteiger partial charge < -0.3 is 4.74 Å². The molecule has 0 unspecified atom stereocenters. The second kappa shape index (κ2) is 5.98. The van der Waals surface area contributed by atoms with Gasteiger partial charge >= 0.3 is 0 Å². The first kappa shape index (κ1) is 13.1. The summed E-state index contributed by atoms with van der Waals surface area (Å²) in [6, 6.07) is 4.57. The van der Waals surface area contributed by atoms with E-state index < -0.39 is 0 Å². The average molecular weight is 250 g/mol. The van der Waals surface area contributed by atoms with Gasteiger partial charge in [-0.15, -0.1) is 0 Å². The van der Waals surface area contributed by atoms with Crippen LogP contribution in [0.15, 0.2) is 18.2 Å². The van der Waals surface area contributed by atoms with Crippen LogP contribution in [-0.2, 0) is 4.79 Å². The summed E-state index contributed by atoms with van der Waals surface area (Å²) in [5.74, 6) is 0.663. The average Bonchev–Trinajstić information content (AvgIpc) is 2.41. The third kappa shape index (κ3) is 3.31. The van der Waals surface area contributed by atoms with Crippen molar-refractivity contribution in [1.29, 1.82) is 0 Å². The number of benzene rings is 1. The van der Waals surface area contributed by atoms with Crippen LogP contribution in [0.1, 0.15) is 37.7 Å². The van der Waals surface area contributed by atoms with Gasteiger partial charge in [0.15, 0.2) is 5.78 Å². The third-order valence-electron chi connectivity index (χ3n) is 3.57. The summed E-state index contributed by atoms with van der Waals surface area (Å²) in [7, 11) is 0. The van der Waals surface area contributed by atoms with Crippen LogP contribution in [0.2, 0.25) is 0 Å². The Morgan fingerprint density at radius 2 is 2.06 bits per heavy atom. The summed E-state index contributed by atoms with van der Waals surface area (Å²) >= 11 is 0. The Balaban J connectivity index is 1.86. The van der Waals surface area contributed by atoms with E-state index in [-0.39, 0.29) is 24.1 Å². The minimum atomic E-state index is -0.249. The van der Waals surface area contributed by atoms with Gasteiger partial charge in [0.05, 0.1) is 0 Å². The van der Waals surface area contributed by atoms with Crippen molar-refractivity contribution in [2.75, 3.05) is 6.61 Å². The Hall–Kier alpha value is -1.38. The van der Waals surface area contributed by atoms with Gasteiger partial charge in [0, 0.05) is 5.92 Å². The van der Waals surface area contributed by atoms with Crippen molar-refractivity contribution in [2.45, 2.75) is 39.0 Å². The number of Topliss-reactive ketones (excluding diaryl/α,β-unsaturated/α-hetero) is 1. The lowest BCUT2D eigenvalue weighted by Crippen LogP contribution is -2.23. The highest BCUT2D eigenvalue weighted by Crippen LogP contribution is 2.24. The quantitative estimate of drug-likeness (QED) is 0.815. The smallest absolute Gasteiger partial charge is 0.173 e. The second-order valence-corrected chi connectivity index (χ2v) is 5.00. The summed E-state index contributed by atoms with van der Waals surface area (Å²) in [6.07, 6.45) is 5.51. The first-order valence-corrected chi connectivity index (χ1v) is 6.58. The third-order valence-corrected chi connectivity index (χ3v) is 3.57. The van der Waals surface area contributed by atoms with Crippen molar-refractivity contribution >= 4 is 5.78 Å². The van der Waals surface area contributed by atoms with Gasteiger partial charge in [-0.25, -0.2) is 4.39 Å². The molecule has 0 atom stereocenters. The van der Waals surface area contributed by atoms with Gasteiger partial charge in [-0.3, -0.25) is 4.79 Å². The lowest BCUT2D eigenvalue weighted by atomic mass is 9.86. The molecule has 1 aliphatic rings. The first-order chi connectivity index (χ1) is 8.66. The molecule has 0 amide bonds. The van der Waals surface area contributed by atoms with Gasteiger partial charge in [0.25, 0.3) is 0 Å². The van der Waals surface area contributed by atoms with E-state index in [0.717, 1.165) is 25.7 Å². The zero-order valence-electron chi connectivity index (χ0n) is 10.7. The Morgan fingerprint density at radius 1 is 1.33 bits per heavy atom. The molecule has 2 nitrogen and oxygen atoms in total. The molecule has 1 aliphatic carbocycles. The highest BCUT2D eigenvalue weighted by Gasteiger charge is 2.21. The Bertz CT molecular complexity index is 423. The van der Waals surface area contributed by atoms with Crippen molar-refractivity contribution in [3.05, 3.63) is 29.6 Å². The normalized spacial score (nSPS) is 16.6. The van der Waals surface area contributed by atoms with Gasteiger partial charge in [-0.05, 0) is 43.5 Å². The van der Waals surface area contributed by atoms with E-state index in [2.05, 4.69) is 0 Å². The minimum Gasteiger partial charge on any atom is -0.486 e. The largest absolute Gasteiger partial charge is 0.486 e. The van der Waals surface area contributed by atoms with Gasteiger partial charge in [-0.2, -0.15) is 0 Å². The van der Waals surface area contributed by atoms with E-state index in [1.807, 2.05) is 0 Å². The molecule has 1 aromatic carbocycles. The Kier molecular flexibility index (Phi) is 4.34. The molecular formula is C15H19FO2. The zero-order chi connectivity index (χ0) is 13.0. The Labute approximate surface area is 107 Å². The fourth-order valence-electron chi connectivity index (χ4n) is 2.40. The summed E-state index contributed by atoms with van der Waals surface area (Å²) in [5, 5.41) is 0. The molecule has 0 saturated heterocycles. The zero-order valence-corrected chi connectivity index (χ0v) is 10.7. The summed E-state index contributed by atoms with van der Waals surface area (Å²) in [5.41, 5.74) is 0.539. The number of carbonyl (C=O) groups is 1. The van der Waals surface area contributed by atoms with Crippen molar-refractivity contribution in [3.8, 4) is 5.75 Å². The molecule has 0 heterocycles. The van der Waals surface area contributed by atoms with Crippen LogP contribution in [0.25, 0.3) is 0 Å². The summed E-state index contributed by atoms with van der Waals surface area (Å²) in [4.78, 5) is 11.9. The summed E-state index contributed by atoms with van der Waals surface area (Å²) < 4.78 is 18.5. The Morgan fingerprint density at radius 3 is 2.72 bits per heavy atom. The summed E-state index contributed by atoms with van der Waals surface area (Å²) in [6.45, 7) is 1.79. The van der Waals surface area contributed by atoms with Crippen LogP contribution in [0.5, 0.6) is 5.75 Å². The number of aryl methyl sites for hydroxylation is 1. The first-order valence-electron chi connectivity index (χ1n) is 6.58. The minimum absolute atomic E-state index is 0.107. The van der Waals surface area contributed by atoms with Crippen LogP contribution in [0.4, 0.5) is 4.39 Å². The fourth-order valence-corrected chi connectivity index (χ4v) is 2.40. The molecule has 0 bridgehead atoms. The maximum Gasteiger partial charge on any atom is 0.173 e. The molecular weight excluding hydrogens is 231 g/mol. The van der Waals surface area contributed by atoms with Gasteiger partial charge in [0.2, 0.25) is 0 Å². The van der Waals surface area contributed by atoms with Crippen LogP contribution in [0, 0.1) is 18.7 Å². The number of halogens is 1. The highest BCUT2D eigenvalue weighted by molar-refractivity contribution is 5.82. The molecule has 18 heavy (non-hydrogen) atoms. The van der Waals surface area contributed by atoms with Crippen molar-refractivity contribution < 1.29 is 13.9 Å². The van der Waals surface area contributed by atoms with Crippen LogP contribution in [-0.4, -0.2) is 12.4 Å². The topological polar surface area (TPSA) is 26.3 Å². The monoisotopic (exact) mass is 250 g/mol. The highest BCUT2D eigenvalue weighted by atomic mass is 19.1. The number of ether oxygens (including phenoxy) is 1. The molecule has 0 aromatic heterocycles. The van der Waals surface area contributed by atoms with Crippen LogP contribution < -0.4 is 4.74 Å². The van der Waals surface area contributed by atoms with Crippen molar-refractivity contribution in [1.82, 2.24) is 0 Å². The van der Waals surface area contributed by atoms with E-state index in [9.17, 15) is 9.18 Å². The van der Waals surface area contributed by atoms with E-state index in [0.29, 0.717) is 11.3 Å². The molecule has 1 saturated carbocycles. The number of hydrogen-bond acceptors (Lipinski definition) is 2. The molecule has 0 spiro atoms. The maximum absolute atomic E-state index is 13.1. The van der Waals surface area contributed by atoms with E-state index in [4.69, 9.17) is 4.74 Å². The van der Waals surface area contributed by atoms with Crippen molar-refractivity contribution in [3.63, 3.8) is 0 Å². The van der Waals surface area contributed by atoms with Gasteiger partial charge in [-0.1, -0.05) is 19.3 Å². The number of hydrogen-bond donors (Lipinski definition) is 0. The molecule has 2 rings (SSSR count).